The molecule has 0 aliphatic carbocycles. The van der Waals surface area contributed by atoms with Crippen LogP contribution in [0.2, 0.25) is 0 Å². The Morgan fingerprint density at radius 3 is 2.91 bits per heavy atom. The van der Waals surface area contributed by atoms with E-state index in [0.717, 1.165) is 25.1 Å². The van der Waals surface area contributed by atoms with Crippen LogP contribution in [0.3, 0.4) is 0 Å². The van der Waals surface area contributed by atoms with Crippen molar-refractivity contribution in [2.24, 2.45) is 0 Å². The fraction of sp³-hybridized carbons (Fsp3) is 0.355. The second kappa shape index (κ2) is 10.7. The number of hydrogen-bond donors (Lipinski definition) is 3. The van der Waals surface area contributed by atoms with E-state index in [2.05, 4.69) is 35.4 Å². The van der Waals surface area contributed by atoms with Crippen molar-refractivity contribution in [2.75, 3.05) is 25.0 Å². The van der Waals surface area contributed by atoms with Crippen LogP contribution in [0.1, 0.15) is 37.4 Å². The maximum absolute atomic E-state index is 16.5. The lowest BCUT2D eigenvalue weighted by molar-refractivity contribution is 0.107. The Kier molecular flexibility index (Phi) is 6.80. The summed E-state index contributed by atoms with van der Waals surface area (Å²) in [7, 11) is 0. The summed E-state index contributed by atoms with van der Waals surface area (Å²) >= 11 is 0. The number of benzene rings is 2. The first-order valence-electron chi connectivity index (χ1n) is 14.4. The topological polar surface area (TPSA) is 112 Å². The molecule has 3 N–H and O–H groups in total. The molecule has 2 saturated heterocycles. The first kappa shape index (κ1) is 27.4. The molecule has 12 heteroatoms. The SMILES string of the molecule is CCc1c(F)ccc2cc(O)cc(-c3ncc4c(NCc5ccn[nH]5)nc(OC[C@@]56CCCN5C[C@H](F)C6)nc4c3F)c12. The number of H-pyrrole nitrogens is 1. The molecule has 5 aromatic rings. The van der Waals surface area contributed by atoms with Gasteiger partial charge in [-0.1, -0.05) is 13.0 Å². The van der Waals surface area contributed by atoms with E-state index in [9.17, 15) is 13.9 Å². The summed E-state index contributed by atoms with van der Waals surface area (Å²) in [5, 5.41) is 21.8. The number of nitrogens with zero attached hydrogens (tertiary/aromatic N) is 5. The van der Waals surface area contributed by atoms with Gasteiger partial charge in [0.1, 0.15) is 41.4 Å². The summed E-state index contributed by atoms with van der Waals surface area (Å²) in [4.78, 5) is 15.6. The average molecular weight is 590 g/mol. The Labute approximate surface area is 245 Å². The molecule has 0 radical (unpaired) electrons. The molecule has 2 aliphatic rings. The Bertz CT molecular complexity index is 1830. The molecule has 7 rings (SSSR count). The number of phenolic OH excluding ortho intramolecular Hbond substituents is 1. The molecule has 0 spiro atoms. The Hall–Kier alpha value is -4.45. The van der Waals surface area contributed by atoms with Gasteiger partial charge in [-0.3, -0.25) is 15.0 Å². The molecule has 9 nitrogen and oxygen atoms in total. The molecule has 43 heavy (non-hydrogen) atoms. The molecule has 2 fully saturated rings. The van der Waals surface area contributed by atoms with Crippen LogP contribution < -0.4 is 10.1 Å². The van der Waals surface area contributed by atoms with E-state index >= 15 is 4.39 Å². The molecular formula is C31H30F3N7O2. The van der Waals surface area contributed by atoms with E-state index in [1.54, 1.807) is 18.3 Å². The van der Waals surface area contributed by atoms with Gasteiger partial charge < -0.3 is 15.2 Å². The number of halogens is 3. The van der Waals surface area contributed by atoms with Gasteiger partial charge in [0.25, 0.3) is 0 Å². The van der Waals surface area contributed by atoms with E-state index in [4.69, 9.17) is 4.74 Å². The average Bonchev–Trinajstić information content (AvgIpc) is 3.72. The normalized spacial score (nSPS) is 20.2. The highest BCUT2D eigenvalue weighted by atomic mass is 19.1. The summed E-state index contributed by atoms with van der Waals surface area (Å²) in [6.45, 7) is 3.48. The molecule has 2 aliphatic heterocycles. The number of fused-ring (bicyclic) bond motifs is 3. The van der Waals surface area contributed by atoms with E-state index in [1.165, 1.54) is 24.4 Å². The number of aryl methyl sites for hydroxylation is 1. The van der Waals surface area contributed by atoms with Crippen molar-refractivity contribution in [1.82, 2.24) is 30.0 Å². The molecule has 3 aromatic heterocycles. The summed E-state index contributed by atoms with van der Waals surface area (Å²) in [5.41, 5.74) is 0.840. The highest BCUT2D eigenvalue weighted by molar-refractivity contribution is 6.01. The molecule has 0 saturated carbocycles. The third-order valence-electron chi connectivity index (χ3n) is 8.66. The minimum atomic E-state index is -0.922. The lowest BCUT2D eigenvalue weighted by atomic mass is 9.94. The molecule has 0 bridgehead atoms. The number of ether oxygens (including phenoxy) is 1. The van der Waals surface area contributed by atoms with Crippen LogP contribution in [-0.2, 0) is 13.0 Å². The maximum Gasteiger partial charge on any atom is 0.319 e. The van der Waals surface area contributed by atoms with Crippen molar-refractivity contribution >= 4 is 27.5 Å². The highest BCUT2D eigenvalue weighted by Gasteiger charge is 2.49. The second-order valence-electron chi connectivity index (χ2n) is 11.3. The predicted molar refractivity (Wildman–Crippen MR) is 156 cm³/mol. The number of alkyl halides is 1. The smallest absolute Gasteiger partial charge is 0.319 e. The van der Waals surface area contributed by atoms with Crippen molar-refractivity contribution < 1.29 is 23.0 Å². The molecule has 222 valence electrons. The summed E-state index contributed by atoms with van der Waals surface area (Å²) in [6, 6.07) is 7.52. The first-order chi connectivity index (χ1) is 20.8. The monoisotopic (exact) mass is 589 g/mol. The fourth-order valence-electron chi connectivity index (χ4n) is 6.67. The van der Waals surface area contributed by atoms with Crippen molar-refractivity contribution in [3.8, 4) is 23.0 Å². The van der Waals surface area contributed by atoms with Gasteiger partial charge in [-0.05, 0) is 66.4 Å². The van der Waals surface area contributed by atoms with E-state index in [-0.39, 0.29) is 35.1 Å². The highest BCUT2D eigenvalue weighted by Crippen LogP contribution is 2.41. The van der Waals surface area contributed by atoms with Gasteiger partial charge in [-0.15, -0.1) is 0 Å². The third kappa shape index (κ3) is 4.79. The van der Waals surface area contributed by atoms with Crippen molar-refractivity contribution in [2.45, 2.75) is 50.9 Å². The summed E-state index contributed by atoms with van der Waals surface area (Å²) in [6.07, 6.45) is 4.63. The lowest BCUT2D eigenvalue weighted by Gasteiger charge is -2.30. The van der Waals surface area contributed by atoms with Crippen LogP contribution in [-0.4, -0.2) is 66.6 Å². The van der Waals surface area contributed by atoms with E-state index in [0.29, 0.717) is 53.5 Å². The summed E-state index contributed by atoms with van der Waals surface area (Å²) < 4.78 is 51.9. The van der Waals surface area contributed by atoms with E-state index < -0.39 is 23.3 Å². The maximum atomic E-state index is 16.5. The number of anilines is 1. The van der Waals surface area contributed by atoms with Crippen LogP contribution in [0.15, 0.2) is 42.7 Å². The van der Waals surface area contributed by atoms with Crippen LogP contribution in [0, 0.1) is 11.6 Å². The Morgan fingerprint density at radius 1 is 1.21 bits per heavy atom. The van der Waals surface area contributed by atoms with Gasteiger partial charge in [0.15, 0.2) is 5.82 Å². The number of nitrogens with one attached hydrogen (secondary N) is 2. The quantitative estimate of drug-likeness (QED) is 0.212. The molecule has 2 atom stereocenters. The zero-order valence-electron chi connectivity index (χ0n) is 23.5. The fourth-order valence-corrected chi connectivity index (χ4v) is 6.67. The molecular weight excluding hydrogens is 559 g/mol. The molecule has 0 amide bonds. The van der Waals surface area contributed by atoms with Gasteiger partial charge >= 0.3 is 6.01 Å². The molecule has 0 unspecified atom stereocenters. The van der Waals surface area contributed by atoms with Gasteiger partial charge in [-0.25, -0.2) is 13.2 Å². The zero-order chi connectivity index (χ0) is 29.7. The molecule has 5 heterocycles. The number of aromatic hydroxyl groups is 1. The zero-order valence-corrected chi connectivity index (χ0v) is 23.5. The number of aromatic nitrogens is 5. The number of hydrogen-bond acceptors (Lipinski definition) is 8. The second-order valence-corrected chi connectivity index (χ2v) is 11.3. The van der Waals surface area contributed by atoms with Gasteiger partial charge in [-0.2, -0.15) is 15.1 Å². The van der Waals surface area contributed by atoms with Crippen LogP contribution >= 0.6 is 0 Å². The summed E-state index contributed by atoms with van der Waals surface area (Å²) in [5.74, 6) is -0.995. The Morgan fingerprint density at radius 2 is 2.09 bits per heavy atom. The molecule has 2 aromatic carbocycles. The van der Waals surface area contributed by atoms with Crippen molar-refractivity contribution in [3.63, 3.8) is 0 Å². The number of pyridine rings is 1. The number of rotatable bonds is 8. The van der Waals surface area contributed by atoms with E-state index in [1.807, 2.05) is 6.92 Å². The number of aromatic amines is 1. The van der Waals surface area contributed by atoms with Crippen LogP contribution in [0.25, 0.3) is 32.9 Å². The van der Waals surface area contributed by atoms with Crippen LogP contribution in [0.5, 0.6) is 11.8 Å². The van der Waals surface area contributed by atoms with Gasteiger partial charge in [0.2, 0.25) is 0 Å². The van der Waals surface area contributed by atoms with Crippen molar-refractivity contribution in [3.05, 3.63) is 65.6 Å². The first-order valence-corrected chi connectivity index (χ1v) is 14.4. The predicted octanol–water partition coefficient (Wildman–Crippen LogP) is 5.68. The van der Waals surface area contributed by atoms with Crippen molar-refractivity contribution in [1.29, 1.82) is 0 Å². The Balaban J connectivity index is 1.35. The standard InChI is InChI=1S/C31H30F3N7O2/c1-2-21-24(33)5-4-17-10-20(42)11-22(25(17)21)27-26(34)28-23(14-35-27)29(36-13-19-6-8-37-40-19)39-30(38-28)43-16-31-7-3-9-41(31)15-18(32)12-31/h4-6,8,10-11,14,18,42H,2-3,7,9,12-13,15-16H2,1H3,(H,37,40)(H,36,38,39)/t18-,31+/m1/s1. The minimum absolute atomic E-state index is 0.0522. The van der Waals surface area contributed by atoms with Gasteiger partial charge in [0, 0.05) is 30.9 Å². The minimum Gasteiger partial charge on any atom is -0.508 e. The largest absolute Gasteiger partial charge is 0.508 e. The van der Waals surface area contributed by atoms with Crippen LogP contribution in [0.4, 0.5) is 19.0 Å². The lowest BCUT2D eigenvalue weighted by Crippen LogP contribution is -2.43. The third-order valence-corrected chi connectivity index (χ3v) is 8.66. The van der Waals surface area contributed by atoms with Gasteiger partial charge in [0.05, 0.1) is 23.2 Å². The number of phenols is 1.